The predicted molar refractivity (Wildman–Crippen MR) is 106 cm³/mol. The Balaban J connectivity index is 2.17. The van der Waals surface area contributed by atoms with Crippen LogP contribution in [0.4, 0.5) is 32.4 Å². The molecule has 0 unspecified atom stereocenters. The highest BCUT2D eigenvalue weighted by molar-refractivity contribution is 7.89. The monoisotopic (exact) mass is 496 g/mol. The zero-order valence-electron chi connectivity index (χ0n) is 16.4. The van der Waals surface area contributed by atoms with Crippen molar-refractivity contribution in [1.29, 1.82) is 0 Å². The number of urea groups is 1. The maximum atomic E-state index is 12.9. The summed E-state index contributed by atoms with van der Waals surface area (Å²) in [6.07, 6.45) is -7.70. The number of alkyl halides is 5. The molecular formula is C18H17F5N4O5S. The molecule has 0 saturated heterocycles. The summed E-state index contributed by atoms with van der Waals surface area (Å²) in [5.74, 6) is -6.71. The van der Waals surface area contributed by atoms with Gasteiger partial charge in [-0.05, 0) is 35.4 Å². The van der Waals surface area contributed by atoms with E-state index in [2.05, 4.69) is 5.32 Å². The lowest BCUT2D eigenvalue weighted by atomic mass is 10.1. The van der Waals surface area contributed by atoms with Crippen molar-refractivity contribution in [3.05, 3.63) is 48.5 Å². The Morgan fingerprint density at radius 2 is 1.58 bits per heavy atom. The highest BCUT2D eigenvalue weighted by atomic mass is 32.2. The molecule has 2 aromatic rings. The minimum Gasteiger partial charge on any atom is -0.479 e. The van der Waals surface area contributed by atoms with Gasteiger partial charge in [-0.25, -0.2) is 18.0 Å². The Bertz CT molecular complexity index is 1140. The molecule has 6 N–H and O–H groups in total. The van der Waals surface area contributed by atoms with Crippen molar-refractivity contribution in [1.82, 2.24) is 10.0 Å². The van der Waals surface area contributed by atoms with E-state index in [0.29, 0.717) is 11.1 Å². The van der Waals surface area contributed by atoms with E-state index in [1.165, 1.54) is 53.8 Å². The lowest BCUT2D eigenvalue weighted by Crippen LogP contribution is -2.47. The number of rotatable bonds is 8. The zero-order valence-corrected chi connectivity index (χ0v) is 17.2. The van der Waals surface area contributed by atoms with Crippen LogP contribution in [-0.4, -0.2) is 50.3 Å². The van der Waals surface area contributed by atoms with Gasteiger partial charge in [-0.1, -0.05) is 24.3 Å². The van der Waals surface area contributed by atoms with E-state index in [1.54, 1.807) is 4.72 Å². The lowest BCUT2D eigenvalue weighted by molar-refractivity contribution is -0.278. The molecule has 0 heterocycles. The van der Waals surface area contributed by atoms with Crippen LogP contribution in [0.15, 0.2) is 53.4 Å². The van der Waals surface area contributed by atoms with Gasteiger partial charge in [0.15, 0.2) is 6.17 Å². The van der Waals surface area contributed by atoms with Gasteiger partial charge in [0.05, 0.1) is 11.4 Å². The molecule has 0 aliphatic carbocycles. The molecule has 1 atom stereocenters. The van der Waals surface area contributed by atoms with Crippen LogP contribution in [-0.2, 0) is 14.8 Å². The molecule has 9 nitrogen and oxygen atoms in total. The van der Waals surface area contributed by atoms with Crippen LogP contribution in [0, 0.1) is 0 Å². The van der Waals surface area contributed by atoms with E-state index in [1.807, 2.05) is 0 Å². The zero-order chi connectivity index (χ0) is 25.0. The average Bonchev–Trinajstić information content (AvgIpc) is 2.71. The van der Waals surface area contributed by atoms with E-state index in [-0.39, 0.29) is 10.6 Å². The Hall–Kier alpha value is -3.30. The van der Waals surface area contributed by atoms with Gasteiger partial charge < -0.3 is 21.5 Å². The van der Waals surface area contributed by atoms with E-state index in [0.717, 1.165) is 0 Å². The summed E-state index contributed by atoms with van der Waals surface area (Å²) in [6.45, 7) is -1.96. The standard InChI is InChI=1S/C18H17F5N4O5S/c19-17(20,18(21,22)23)9-25-16(30)26-12-5-1-3-10(7-12)11-4-2-6-13(8-11)33(31,32)27-14(24)15(28)29/h1-8,14,27H,9,24H2,(H,28,29)(H2,25,26,30)/t14-/m0/s1. The third-order valence-electron chi connectivity index (χ3n) is 4.03. The maximum Gasteiger partial charge on any atom is 0.455 e. The number of hydrogen-bond donors (Lipinski definition) is 5. The van der Waals surface area contributed by atoms with Gasteiger partial charge in [-0.2, -0.15) is 26.7 Å². The van der Waals surface area contributed by atoms with Gasteiger partial charge in [-0.3, -0.25) is 0 Å². The van der Waals surface area contributed by atoms with Crippen molar-refractivity contribution in [2.45, 2.75) is 23.2 Å². The molecule has 180 valence electrons. The molecule has 2 aromatic carbocycles. The third-order valence-corrected chi connectivity index (χ3v) is 5.47. The normalized spacial score (nSPS) is 13.3. The molecule has 0 aromatic heterocycles. The maximum absolute atomic E-state index is 12.9. The number of carbonyl (C=O) groups excluding carboxylic acids is 1. The number of anilines is 1. The van der Waals surface area contributed by atoms with Crippen LogP contribution in [0.25, 0.3) is 11.1 Å². The Morgan fingerprint density at radius 3 is 2.15 bits per heavy atom. The Labute approximate surface area is 183 Å². The smallest absolute Gasteiger partial charge is 0.455 e. The van der Waals surface area contributed by atoms with Crippen molar-refractivity contribution in [3.8, 4) is 11.1 Å². The van der Waals surface area contributed by atoms with Crippen LogP contribution in [0.5, 0.6) is 0 Å². The van der Waals surface area contributed by atoms with Crippen molar-refractivity contribution < 1.29 is 45.1 Å². The highest BCUT2D eigenvalue weighted by Gasteiger charge is 2.57. The summed E-state index contributed by atoms with van der Waals surface area (Å²) in [7, 11) is -4.30. The van der Waals surface area contributed by atoms with Crippen molar-refractivity contribution >= 4 is 27.7 Å². The van der Waals surface area contributed by atoms with Gasteiger partial charge in [0.25, 0.3) is 0 Å². The summed E-state index contributed by atoms with van der Waals surface area (Å²) in [4.78, 5) is 22.2. The molecule has 2 amide bonds. The molecule has 0 spiro atoms. The lowest BCUT2D eigenvalue weighted by Gasteiger charge is -2.20. The first kappa shape index (κ1) is 26.0. The Morgan fingerprint density at radius 1 is 1.00 bits per heavy atom. The van der Waals surface area contributed by atoms with Gasteiger partial charge >= 0.3 is 24.1 Å². The van der Waals surface area contributed by atoms with Crippen molar-refractivity contribution in [2.75, 3.05) is 11.9 Å². The molecule has 0 fully saturated rings. The topological polar surface area (TPSA) is 151 Å². The average molecular weight is 496 g/mol. The molecule has 15 heteroatoms. The minimum absolute atomic E-state index is 0.0135. The minimum atomic E-state index is -5.82. The summed E-state index contributed by atoms with van der Waals surface area (Å²) < 4.78 is 88.7. The SMILES string of the molecule is N[C@@H](NS(=O)(=O)c1cccc(-c2cccc(NC(=O)NCC(F)(F)C(F)(F)F)c2)c1)C(=O)O. The second-order valence-electron chi connectivity index (χ2n) is 6.56. The van der Waals surface area contributed by atoms with Crippen LogP contribution >= 0.6 is 0 Å². The second kappa shape index (κ2) is 9.68. The molecule has 0 saturated carbocycles. The summed E-state index contributed by atoms with van der Waals surface area (Å²) in [5, 5.41) is 12.3. The van der Waals surface area contributed by atoms with Crippen LogP contribution in [0.3, 0.4) is 0 Å². The number of benzene rings is 2. The number of halogens is 5. The fourth-order valence-corrected chi connectivity index (χ4v) is 3.48. The molecular weight excluding hydrogens is 479 g/mol. The van der Waals surface area contributed by atoms with Crippen molar-refractivity contribution in [2.24, 2.45) is 5.73 Å². The number of carboxylic acid groups (broad SMARTS) is 1. The summed E-state index contributed by atoms with van der Waals surface area (Å²) >= 11 is 0. The summed E-state index contributed by atoms with van der Waals surface area (Å²) in [6, 6.07) is 9.41. The van der Waals surface area contributed by atoms with Crippen LogP contribution < -0.4 is 21.1 Å². The third kappa shape index (κ3) is 6.84. The van der Waals surface area contributed by atoms with Crippen LogP contribution in [0.2, 0.25) is 0 Å². The van der Waals surface area contributed by atoms with Gasteiger partial charge in [-0.15, -0.1) is 0 Å². The van der Waals surface area contributed by atoms with Gasteiger partial charge in [0.2, 0.25) is 10.0 Å². The van der Waals surface area contributed by atoms with Gasteiger partial charge in [0, 0.05) is 5.69 Å². The quantitative estimate of drug-likeness (QED) is 0.280. The fourth-order valence-electron chi connectivity index (χ4n) is 2.37. The van der Waals surface area contributed by atoms with E-state index < -0.39 is 46.8 Å². The van der Waals surface area contributed by atoms with Gasteiger partial charge in [0.1, 0.15) is 0 Å². The number of sulfonamides is 1. The van der Waals surface area contributed by atoms with Crippen LogP contribution in [0.1, 0.15) is 0 Å². The molecule has 0 bridgehead atoms. The Kier molecular flexibility index (Phi) is 7.61. The van der Waals surface area contributed by atoms with Crippen molar-refractivity contribution in [3.63, 3.8) is 0 Å². The first-order valence-electron chi connectivity index (χ1n) is 8.83. The molecule has 33 heavy (non-hydrogen) atoms. The summed E-state index contributed by atoms with van der Waals surface area (Å²) in [5.41, 5.74) is 5.84. The highest BCUT2D eigenvalue weighted by Crippen LogP contribution is 2.34. The number of hydrogen-bond acceptors (Lipinski definition) is 5. The molecule has 0 aliphatic rings. The first-order valence-corrected chi connectivity index (χ1v) is 10.3. The molecule has 0 radical (unpaired) electrons. The number of aliphatic carboxylic acids is 1. The van der Waals surface area contributed by atoms with E-state index in [9.17, 15) is 40.0 Å². The fraction of sp³-hybridized carbons (Fsp3) is 0.222. The number of nitrogens with one attached hydrogen (secondary N) is 3. The number of carboxylic acids is 1. The second-order valence-corrected chi connectivity index (χ2v) is 8.27. The number of nitrogens with two attached hydrogens (primary N) is 1. The number of carbonyl (C=O) groups is 2. The largest absolute Gasteiger partial charge is 0.479 e. The molecule has 2 rings (SSSR count). The van der Waals surface area contributed by atoms with E-state index in [4.69, 9.17) is 10.8 Å². The predicted octanol–water partition coefficient (Wildman–Crippen LogP) is 2.32. The van der Waals surface area contributed by atoms with E-state index >= 15 is 0 Å². The number of amides is 2. The first-order chi connectivity index (χ1) is 15.1. The molecule has 0 aliphatic heterocycles.